The first-order chi connectivity index (χ1) is 53.5. The third-order valence-corrected chi connectivity index (χ3v) is 22.0. The second-order valence-electron chi connectivity index (χ2n) is 29.2. The standard InChI is InChI=1S/C19H14.2C17H12.3C15H12.C10H9N/c1-13-10-11-18-16-8-3-2-6-14(16)15-7-4-5-9-17(15)19(18)12-13;1-11-10-14-6-2-4-12-8-9-13-5-3-7-15(11)17(13)16(12)14;1-11-9-10-16-14-6-3-2-5-13(14)15-8-4-7-12(11)17(15)16;1-11-14-8-4-2-6-12(14)10-13-7-3-5-9-15(11)13;1-11-10-12-6-2-3-8-14(12)15-9-5-4-7-13(11)15;1-11-6-7-14-9-12-4-2-3-5-13(12)10-15(14)8-11;1-8-6-7-9-4-2-3-5-10(9)11-8/h2-12H,1H3;2*2-10H,1H3;3*2-10H,1H3;2-7H,1H3. The van der Waals surface area contributed by atoms with Gasteiger partial charge in [0.05, 0.1) is 5.52 Å². The molecule has 0 radical (unpaired) electrons. The summed E-state index contributed by atoms with van der Waals surface area (Å²) in [5.74, 6) is 0. The number of benzene rings is 21. The minimum absolute atomic E-state index is 1.07. The van der Waals surface area contributed by atoms with Gasteiger partial charge in [0.1, 0.15) is 0 Å². The molecule has 22 aromatic rings. The molecule has 1 heteroatoms. The zero-order valence-corrected chi connectivity index (χ0v) is 62.7. The molecule has 109 heavy (non-hydrogen) atoms. The quantitative estimate of drug-likeness (QED) is 0.109. The Morgan fingerprint density at radius 3 is 1.17 bits per heavy atom. The average molecular weight is 1390 g/mol. The molecule has 0 fully saturated rings. The van der Waals surface area contributed by atoms with Crippen molar-refractivity contribution >= 4 is 151 Å². The number of hydrogen-bond acceptors (Lipinski definition) is 1. The van der Waals surface area contributed by atoms with Gasteiger partial charge in [-0.2, -0.15) is 0 Å². The van der Waals surface area contributed by atoms with Crippen LogP contribution in [-0.2, 0) is 0 Å². The van der Waals surface area contributed by atoms with E-state index in [0.717, 1.165) is 11.2 Å². The molecule has 1 nitrogen and oxygen atoms in total. The topological polar surface area (TPSA) is 12.9 Å². The number of pyridine rings is 1. The van der Waals surface area contributed by atoms with E-state index in [-0.39, 0.29) is 0 Å². The normalized spacial score (nSPS) is 11.3. The summed E-state index contributed by atoms with van der Waals surface area (Å²) in [5, 5.41) is 36.4. The highest BCUT2D eigenvalue weighted by molar-refractivity contribution is 6.26. The number of aromatic nitrogens is 1. The van der Waals surface area contributed by atoms with Crippen molar-refractivity contribution in [3.05, 3.63) is 415 Å². The minimum atomic E-state index is 1.07. The number of aryl methyl sites for hydroxylation is 7. The molecular weight excluding hydrogens is 1310 g/mol. The number of para-hydroxylation sites is 1. The molecule has 0 bridgehead atoms. The van der Waals surface area contributed by atoms with E-state index >= 15 is 0 Å². The van der Waals surface area contributed by atoms with Crippen LogP contribution < -0.4 is 0 Å². The van der Waals surface area contributed by atoms with Crippen molar-refractivity contribution in [3.8, 4) is 22.3 Å². The van der Waals surface area contributed by atoms with Gasteiger partial charge in [-0.05, 0) is 263 Å². The Labute approximate surface area is 637 Å². The lowest BCUT2D eigenvalue weighted by Crippen LogP contribution is -1.85. The van der Waals surface area contributed by atoms with Crippen LogP contribution in [0.15, 0.2) is 376 Å². The maximum absolute atomic E-state index is 4.38. The fourth-order valence-corrected chi connectivity index (χ4v) is 16.6. The molecule has 0 aliphatic heterocycles. The summed E-state index contributed by atoms with van der Waals surface area (Å²) < 4.78 is 0. The maximum Gasteiger partial charge on any atom is 0.0705 e. The summed E-state index contributed by atoms with van der Waals surface area (Å²) in [6.45, 7) is 15.1. The lowest BCUT2D eigenvalue weighted by atomic mass is 9.92. The number of fused-ring (bicyclic) bond motifs is 17. The summed E-state index contributed by atoms with van der Waals surface area (Å²) in [5.41, 5.74) is 15.8. The van der Waals surface area contributed by atoms with Crippen molar-refractivity contribution in [2.45, 2.75) is 48.5 Å². The summed E-state index contributed by atoms with van der Waals surface area (Å²) in [6, 6.07) is 134. The Hall–Kier alpha value is -13.3. The predicted octanol–water partition coefficient (Wildman–Crippen LogP) is 30.6. The Balaban J connectivity index is 0.0000000933. The molecule has 0 N–H and O–H groups in total. The van der Waals surface area contributed by atoms with Crippen LogP contribution in [-0.4, -0.2) is 4.98 Å². The number of rotatable bonds is 0. The van der Waals surface area contributed by atoms with Crippen LogP contribution in [0.4, 0.5) is 0 Å². The fourth-order valence-electron chi connectivity index (χ4n) is 16.6. The third-order valence-electron chi connectivity index (χ3n) is 22.0. The largest absolute Gasteiger partial charge is 0.253 e. The van der Waals surface area contributed by atoms with Crippen molar-refractivity contribution in [2.24, 2.45) is 0 Å². The Morgan fingerprint density at radius 1 is 0.165 bits per heavy atom. The van der Waals surface area contributed by atoms with E-state index in [4.69, 9.17) is 0 Å². The van der Waals surface area contributed by atoms with Gasteiger partial charge >= 0.3 is 0 Å². The van der Waals surface area contributed by atoms with Gasteiger partial charge in [-0.1, -0.05) is 357 Å². The van der Waals surface area contributed by atoms with Crippen LogP contribution in [0.3, 0.4) is 0 Å². The lowest BCUT2D eigenvalue weighted by Gasteiger charge is -2.12. The SMILES string of the molecule is Cc1c2ccccc2cc2ccccc12.Cc1cc2cccc3ccc4cccc1c4c32.Cc1cc2ccccc2c2ccccc12.Cc1ccc2c3c(cccc13)-c1ccccc1-2.Cc1ccc2c3ccccc3c3ccccc3c2c1.Cc1ccc2cc3ccccc3cc2c1.Cc1ccc2ccccc2n1. The molecule has 0 spiro atoms. The van der Waals surface area contributed by atoms with Gasteiger partial charge in [0.15, 0.2) is 0 Å². The molecule has 0 amide bonds. The summed E-state index contributed by atoms with van der Waals surface area (Å²) in [4.78, 5) is 4.38. The second kappa shape index (κ2) is 29.9. The molecule has 21 aromatic carbocycles. The Kier molecular flexibility index (Phi) is 18.9. The molecule has 0 saturated carbocycles. The van der Waals surface area contributed by atoms with E-state index in [1.54, 1.807) is 0 Å². The van der Waals surface area contributed by atoms with Gasteiger partial charge in [0.2, 0.25) is 0 Å². The number of nitrogens with zero attached hydrogens (tertiary/aromatic N) is 1. The fraction of sp³-hybridized carbons (Fsp3) is 0.0648. The molecule has 520 valence electrons. The van der Waals surface area contributed by atoms with Crippen LogP contribution in [0.1, 0.15) is 39.1 Å². The van der Waals surface area contributed by atoms with Crippen LogP contribution in [0.25, 0.3) is 173 Å². The van der Waals surface area contributed by atoms with Crippen LogP contribution in [0.2, 0.25) is 0 Å². The molecule has 0 atom stereocenters. The van der Waals surface area contributed by atoms with Gasteiger partial charge in [0.25, 0.3) is 0 Å². The van der Waals surface area contributed by atoms with E-state index in [2.05, 4.69) is 398 Å². The van der Waals surface area contributed by atoms with E-state index in [1.807, 2.05) is 31.2 Å². The second-order valence-corrected chi connectivity index (χ2v) is 29.2. The molecule has 23 rings (SSSR count). The van der Waals surface area contributed by atoms with E-state index in [1.165, 1.54) is 201 Å². The Bertz CT molecular complexity index is 7060. The van der Waals surface area contributed by atoms with Gasteiger partial charge in [-0.3, -0.25) is 4.98 Å². The highest BCUT2D eigenvalue weighted by Gasteiger charge is 2.21. The zero-order valence-electron chi connectivity index (χ0n) is 62.7. The van der Waals surface area contributed by atoms with Gasteiger partial charge < -0.3 is 0 Å². The lowest BCUT2D eigenvalue weighted by molar-refractivity contribution is 1.26. The van der Waals surface area contributed by atoms with Gasteiger partial charge in [-0.25, -0.2) is 0 Å². The van der Waals surface area contributed by atoms with E-state index in [9.17, 15) is 0 Å². The van der Waals surface area contributed by atoms with E-state index in [0.29, 0.717) is 0 Å². The molecule has 0 unspecified atom stereocenters. The third kappa shape index (κ3) is 13.6. The molecular formula is C108H83N. The highest BCUT2D eigenvalue weighted by Crippen LogP contribution is 2.48. The molecule has 1 aliphatic carbocycles. The van der Waals surface area contributed by atoms with Crippen LogP contribution in [0, 0.1) is 48.5 Å². The van der Waals surface area contributed by atoms with E-state index < -0.39 is 0 Å². The van der Waals surface area contributed by atoms with Crippen molar-refractivity contribution < 1.29 is 0 Å². The molecule has 1 heterocycles. The van der Waals surface area contributed by atoms with Gasteiger partial charge in [0, 0.05) is 11.1 Å². The Morgan fingerprint density at radius 2 is 0.532 bits per heavy atom. The monoisotopic (exact) mass is 1390 g/mol. The number of hydrogen-bond donors (Lipinski definition) is 0. The first kappa shape index (κ1) is 68.8. The summed E-state index contributed by atoms with van der Waals surface area (Å²) >= 11 is 0. The smallest absolute Gasteiger partial charge is 0.0705 e. The molecule has 1 aromatic heterocycles. The van der Waals surface area contributed by atoms with Crippen molar-refractivity contribution in [3.63, 3.8) is 0 Å². The first-order valence-corrected chi connectivity index (χ1v) is 38.0. The van der Waals surface area contributed by atoms with Gasteiger partial charge in [-0.15, -0.1) is 0 Å². The highest BCUT2D eigenvalue weighted by atomic mass is 14.7. The first-order valence-electron chi connectivity index (χ1n) is 38.0. The van der Waals surface area contributed by atoms with Crippen molar-refractivity contribution in [1.82, 2.24) is 4.98 Å². The molecule has 1 aliphatic rings. The zero-order chi connectivity index (χ0) is 74.1. The summed E-state index contributed by atoms with van der Waals surface area (Å²) in [7, 11) is 0. The van der Waals surface area contributed by atoms with Crippen molar-refractivity contribution in [2.75, 3.05) is 0 Å². The van der Waals surface area contributed by atoms with Crippen LogP contribution >= 0.6 is 0 Å². The maximum atomic E-state index is 4.38. The predicted molar refractivity (Wildman–Crippen MR) is 477 cm³/mol. The molecule has 0 saturated heterocycles. The minimum Gasteiger partial charge on any atom is -0.253 e. The summed E-state index contributed by atoms with van der Waals surface area (Å²) in [6.07, 6.45) is 0. The van der Waals surface area contributed by atoms with Crippen molar-refractivity contribution in [1.29, 1.82) is 0 Å². The van der Waals surface area contributed by atoms with Crippen LogP contribution in [0.5, 0.6) is 0 Å². The average Bonchev–Trinajstić information content (AvgIpc) is 1.73.